The summed E-state index contributed by atoms with van der Waals surface area (Å²) in [7, 11) is 0. The van der Waals surface area contributed by atoms with E-state index in [0.717, 1.165) is 9.80 Å². The number of carboxylic acids is 2. The first kappa shape index (κ1) is 22.9. The number of carbonyl (C=O) groups is 5. The van der Waals surface area contributed by atoms with Crippen molar-refractivity contribution < 1.29 is 34.2 Å². The van der Waals surface area contributed by atoms with Gasteiger partial charge in [-0.15, -0.1) is 0 Å². The number of carbonyl (C=O) groups excluding carboxylic acids is 3. The number of amides is 3. The summed E-state index contributed by atoms with van der Waals surface area (Å²) in [4.78, 5) is 63.1. The largest absolute Gasteiger partial charge is 0.481 e. The van der Waals surface area contributed by atoms with Gasteiger partial charge in [-0.1, -0.05) is 0 Å². The molecule has 13 nitrogen and oxygen atoms in total. The Kier molecular flexibility index (Phi) is 7.55. The fraction of sp³-hybridized carbons (Fsp3) is 0.647. The van der Waals surface area contributed by atoms with Crippen molar-refractivity contribution >= 4 is 35.6 Å². The number of nitrogens with two attached hydrogens (primary N) is 1. The standard InChI is InChI=1S/C17H26N6O7/c18-17(19)21-3-1-10(2-4-21)15(29)20-8-12(24)23-6-5-22(9-14(27)28)16(30)11(23)7-13(25)26/h10-11H,1-9H2,(H3,18,19)(H,20,29)(H,25,26)(H,27,28)/t11-/m0/s1. The van der Waals surface area contributed by atoms with Crippen LogP contribution in [0, 0.1) is 11.3 Å². The van der Waals surface area contributed by atoms with E-state index in [2.05, 4.69) is 5.32 Å². The minimum atomic E-state index is -1.32. The van der Waals surface area contributed by atoms with Crippen molar-refractivity contribution in [3.05, 3.63) is 0 Å². The first-order valence-electron chi connectivity index (χ1n) is 9.48. The average Bonchev–Trinajstić information content (AvgIpc) is 2.68. The van der Waals surface area contributed by atoms with E-state index >= 15 is 0 Å². The zero-order valence-electron chi connectivity index (χ0n) is 16.4. The Morgan fingerprint density at radius 2 is 1.70 bits per heavy atom. The number of piperidine rings is 1. The molecule has 166 valence electrons. The lowest BCUT2D eigenvalue weighted by molar-refractivity contribution is -0.158. The monoisotopic (exact) mass is 426 g/mol. The molecular weight excluding hydrogens is 400 g/mol. The topological polar surface area (TPSA) is 197 Å². The number of hydrogen-bond donors (Lipinski definition) is 5. The fourth-order valence-electron chi connectivity index (χ4n) is 3.61. The normalized spacial score (nSPS) is 20.1. The van der Waals surface area contributed by atoms with Gasteiger partial charge in [0, 0.05) is 32.1 Å². The molecule has 2 saturated heterocycles. The highest BCUT2D eigenvalue weighted by Gasteiger charge is 2.39. The molecule has 2 aliphatic rings. The summed E-state index contributed by atoms with van der Waals surface area (Å²) in [5.74, 6) is -4.62. The lowest BCUT2D eigenvalue weighted by Crippen LogP contribution is -2.61. The highest BCUT2D eigenvalue weighted by atomic mass is 16.4. The number of nitrogens with zero attached hydrogens (tertiary/aromatic N) is 3. The third-order valence-electron chi connectivity index (χ3n) is 5.22. The van der Waals surface area contributed by atoms with Gasteiger partial charge in [0.25, 0.3) is 0 Å². The van der Waals surface area contributed by atoms with Crippen LogP contribution >= 0.6 is 0 Å². The minimum Gasteiger partial charge on any atom is -0.481 e. The Bertz CT molecular complexity index is 734. The van der Waals surface area contributed by atoms with E-state index in [1.165, 1.54) is 0 Å². The van der Waals surface area contributed by atoms with Crippen LogP contribution in [0.1, 0.15) is 19.3 Å². The van der Waals surface area contributed by atoms with E-state index in [0.29, 0.717) is 25.9 Å². The zero-order chi connectivity index (χ0) is 22.4. The molecule has 0 saturated carbocycles. The van der Waals surface area contributed by atoms with Crippen LogP contribution in [0.15, 0.2) is 0 Å². The lowest BCUT2D eigenvalue weighted by atomic mass is 9.96. The summed E-state index contributed by atoms with van der Waals surface area (Å²) in [6.07, 6.45) is 0.305. The van der Waals surface area contributed by atoms with Gasteiger partial charge in [-0.2, -0.15) is 0 Å². The number of aliphatic carboxylic acids is 2. The zero-order valence-corrected chi connectivity index (χ0v) is 16.4. The first-order valence-corrected chi connectivity index (χ1v) is 9.48. The molecule has 0 spiro atoms. The molecule has 1 atom stereocenters. The van der Waals surface area contributed by atoms with E-state index in [9.17, 15) is 24.0 Å². The van der Waals surface area contributed by atoms with Crippen molar-refractivity contribution in [1.29, 1.82) is 5.41 Å². The summed E-state index contributed by atoms with van der Waals surface area (Å²) in [5, 5.41) is 27.9. The maximum absolute atomic E-state index is 12.6. The maximum atomic E-state index is 12.6. The van der Waals surface area contributed by atoms with Crippen LogP contribution in [-0.4, -0.2) is 106 Å². The smallest absolute Gasteiger partial charge is 0.323 e. The van der Waals surface area contributed by atoms with Crippen LogP contribution in [-0.2, 0) is 24.0 Å². The van der Waals surface area contributed by atoms with Gasteiger partial charge in [-0.05, 0) is 12.8 Å². The van der Waals surface area contributed by atoms with E-state index in [-0.39, 0.29) is 30.9 Å². The predicted octanol–water partition coefficient (Wildman–Crippen LogP) is -2.69. The van der Waals surface area contributed by atoms with Crippen LogP contribution in [0.2, 0.25) is 0 Å². The van der Waals surface area contributed by atoms with Gasteiger partial charge in [-0.25, -0.2) is 0 Å². The van der Waals surface area contributed by atoms with Crippen LogP contribution in [0.5, 0.6) is 0 Å². The van der Waals surface area contributed by atoms with Crippen molar-refractivity contribution in [1.82, 2.24) is 20.0 Å². The van der Waals surface area contributed by atoms with Crippen molar-refractivity contribution in [2.45, 2.75) is 25.3 Å². The number of carboxylic acid groups (broad SMARTS) is 2. The number of hydrogen-bond acceptors (Lipinski definition) is 6. The average molecular weight is 426 g/mol. The van der Waals surface area contributed by atoms with E-state index in [1.54, 1.807) is 4.90 Å². The van der Waals surface area contributed by atoms with Gasteiger partial charge in [0.1, 0.15) is 12.6 Å². The third kappa shape index (κ3) is 5.81. The van der Waals surface area contributed by atoms with E-state index < -0.39 is 49.3 Å². The van der Waals surface area contributed by atoms with Gasteiger partial charge in [0.2, 0.25) is 17.7 Å². The molecule has 0 unspecified atom stereocenters. The van der Waals surface area contributed by atoms with Crippen LogP contribution in [0.25, 0.3) is 0 Å². The molecule has 2 fully saturated rings. The molecule has 13 heteroatoms. The molecule has 2 heterocycles. The second-order valence-corrected chi connectivity index (χ2v) is 7.22. The summed E-state index contributed by atoms with van der Waals surface area (Å²) in [5.41, 5.74) is 5.42. The first-order chi connectivity index (χ1) is 14.1. The molecule has 30 heavy (non-hydrogen) atoms. The second-order valence-electron chi connectivity index (χ2n) is 7.22. The van der Waals surface area contributed by atoms with Crippen LogP contribution in [0.3, 0.4) is 0 Å². The molecule has 2 rings (SSSR count). The highest BCUT2D eigenvalue weighted by Crippen LogP contribution is 2.18. The number of piperazine rings is 1. The Morgan fingerprint density at radius 1 is 1.07 bits per heavy atom. The Hall–Kier alpha value is -3.38. The molecule has 0 aromatic heterocycles. The summed E-state index contributed by atoms with van der Waals surface area (Å²) in [6, 6.07) is -1.32. The Balaban J connectivity index is 1.93. The highest BCUT2D eigenvalue weighted by molar-refractivity contribution is 5.94. The molecule has 3 amide bonds. The van der Waals surface area contributed by atoms with E-state index in [4.69, 9.17) is 21.4 Å². The summed E-state index contributed by atoms with van der Waals surface area (Å²) >= 11 is 0. The number of nitrogens with one attached hydrogen (secondary N) is 2. The van der Waals surface area contributed by atoms with Gasteiger partial charge in [0.05, 0.1) is 13.0 Å². The van der Waals surface area contributed by atoms with Crippen molar-refractivity contribution in [2.24, 2.45) is 11.7 Å². The lowest BCUT2D eigenvalue weighted by Gasteiger charge is -2.39. The van der Waals surface area contributed by atoms with Gasteiger partial charge < -0.3 is 36.0 Å². The Labute approximate surface area is 172 Å². The van der Waals surface area contributed by atoms with E-state index in [1.807, 2.05) is 0 Å². The molecule has 6 N–H and O–H groups in total. The van der Waals surface area contributed by atoms with Crippen molar-refractivity contribution in [3.8, 4) is 0 Å². The second kappa shape index (κ2) is 9.89. The van der Waals surface area contributed by atoms with Gasteiger partial charge in [0.15, 0.2) is 5.96 Å². The SMILES string of the molecule is N=C(N)N1CCC(C(=O)NCC(=O)N2CCN(CC(=O)O)C(=O)[C@@H]2CC(=O)O)CC1. The third-order valence-corrected chi connectivity index (χ3v) is 5.22. The van der Waals surface area contributed by atoms with Gasteiger partial charge in [-0.3, -0.25) is 29.4 Å². The summed E-state index contributed by atoms with van der Waals surface area (Å²) in [6.45, 7) is -0.113. The number of likely N-dealkylation sites (tertiary alicyclic amines) is 1. The fourth-order valence-corrected chi connectivity index (χ4v) is 3.61. The van der Waals surface area contributed by atoms with Gasteiger partial charge >= 0.3 is 11.9 Å². The molecule has 0 bridgehead atoms. The predicted molar refractivity (Wildman–Crippen MR) is 101 cm³/mol. The molecule has 0 aromatic rings. The number of rotatable bonds is 7. The van der Waals surface area contributed by atoms with Crippen molar-refractivity contribution in [3.63, 3.8) is 0 Å². The molecule has 0 aliphatic carbocycles. The molecule has 0 radical (unpaired) electrons. The molecular formula is C17H26N6O7. The number of guanidine groups is 1. The summed E-state index contributed by atoms with van der Waals surface area (Å²) < 4.78 is 0. The van der Waals surface area contributed by atoms with Crippen molar-refractivity contribution in [2.75, 3.05) is 39.3 Å². The maximum Gasteiger partial charge on any atom is 0.323 e. The molecule has 2 aliphatic heterocycles. The minimum absolute atomic E-state index is 0.0251. The Morgan fingerprint density at radius 3 is 2.23 bits per heavy atom. The quantitative estimate of drug-likeness (QED) is 0.212. The molecule has 0 aromatic carbocycles. The van der Waals surface area contributed by atoms with Crippen LogP contribution in [0.4, 0.5) is 0 Å². The van der Waals surface area contributed by atoms with Crippen LogP contribution < -0.4 is 11.1 Å².